The Hall–Kier alpha value is -3.91. The zero-order chi connectivity index (χ0) is 23.4. The highest BCUT2D eigenvalue weighted by Crippen LogP contribution is 2.22. The summed E-state index contributed by atoms with van der Waals surface area (Å²) in [6.45, 7) is -0.121. The van der Waals surface area contributed by atoms with Crippen LogP contribution in [-0.2, 0) is 24.9 Å². The molecule has 2 aromatic heterocycles. The third-order valence-electron chi connectivity index (χ3n) is 5.26. The number of halogens is 1. The van der Waals surface area contributed by atoms with E-state index in [4.69, 9.17) is 11.6 Å². The molecule has 2 heterocycles. The molecule has 4 aromatic rings. The Morgan fingerprint density at radius 3 is 2.42 bits per heavy atom. The van der Waals surface area contributed by atoms with E-state index >= 15 is 0 Å². The van der Waals surface area contributed by atoms with Crippen LogP contribution in [0.25, 0.3) is 0 Å². The molecular formula is C24H22ClN5O3. The van der Waals surface area contributed by atoms with Gasteiger partial charge in [0, 0.05) is 36.7 Å². The van der Waals surface area contributed by atoms with Gasteiger partial charge >= 0.3 is 5.69 Å². The van der Waals surface area contributed by atoms with E-state index in [1.54, 1.807) is 41.2 Å². The fourth-order valence-electron chi connectivity index (χ4n) is 3.56. The van der Waals surface area contributed by atoms with Gasteiger partial charge in [0.05, 0.1) is 6.54 Å². The number of benzene rings is 2. The maximum absolute atomic E-state index is 13.0. The van der Waals surface area contributed by atoms with Gasteiger partial charge in [-0.1, -0.05) is 54.1 Å². The van der Waals surface area contributed by atoms with Gasteiger partial charge in [0.15, 0.2) is 0 Å². The Bertz CT molecular complexity index is 1370. The molecule has 0 saturated carbocycles. The summed E-state index contributed by atoms with van der Waals surface area (Å²) in [5.74, 6) is 0.113. The van der Waals surface area contributed by atoms with Gasteiger partial charge in [-0.25, -0.2) is 9.78 Å². The molecule has 4 rings (SSSR count). The van der Waals surface area contributed by atoms with Crippen LogP contribution in [0.5, 0.6) is 0 Å². The van der Waals surface area contributed by atoms with Crippen LogP contribution in [0.3, 0.4) is 0 Å². The lowest BCUT2D eigenvalue weighted by molar-refractivity contribution is -0.122. The van der Waals surface area contributed by atoms with Gasteiger partial charge < -0.3 is 9.88 Å². The predicted molar refractivity (Wildman–Crippen MR) is 125 cm³/mol. The second-order valence-corrected chi connectivity index (χ2v) is 8.02. The van der Waals surface area contributed by atoms with Crippen molar-refractivity contribution < 1.29 is 4.79 Å². The highest BCUT2D eigenvalue weighted by atomic mass is 35.5. The Balaban J connectivity index is 1.60. The lowest BCUT2D eigenvalue weighted by Gasteiger charge is -2.19. The van der Waals surface area contributed by atoms with E-state index in [-0.39, 0.29) is 0 Å². The zero-order valence-corrected chi connectivity index (χ0v) is 18.6. The maximum atomic E-state index is 13.0. The van der Waals surface area contributed by atoms with Gasteiger partial charge in [-0.3, -0.25) is 18.7 Å². The summed E-state index contributed by atoms with van der Waals surface area (Å²) in [5.41, 5.74) is 0.580. The van der Waals surface area contributed by atoms with Crippen LogP contribution in [0.4, 0.5) is 0 Å². The molecule has 2 aromatic carbocycles. The molecule has 168 valence electrons. The Morgan fingerprint density at radius 2 is 1.76 bits per heavy atom. The van der Waals surface area contributed by atoms with Crippen LogP contribution >= 0.6 is 11.6 Å². The third-order valence-corrected chi connectivity index (χ3v) is 5.51. The smallest absolute Gasteiger partial charge is 0.331 e. The molecule has 1 amide bonds. The molecular weight excluding hydrogens is 442 g/mol. The van der Waals surface area contributed by atoms with Gasteiger partial charge in [0.25, 0.3) is 5.56 Å². The van der Waals surface area contributed by atoms with E-state index in [9.17, 15) is 14.4 Å². The van der Waals surface area contributed by atoms with Gasteiger partial charge in [-0.2, -0.15) is 0 Å². The summed E-state index contributed by atoms with van der Waals surface area (Å²) in [7, 11) is 1.82. The number of imidazole rings is 1. The van der Waals surface area contributed by atoms with Crippen molar-refractivity contribution in [1.29, 1.82) is 0 Å². The zero-order valence-electron chi connectivity index (χ0n) is 17.9. The minimum Gasteiger partial charge on any atom is -0.341 e. The van der Waals surface area contributed by atoms with Crippen molar-refractivity contribution in [3.63, 3.8) is 0 Å². The number of carbonyl (C=O) groups is 1. The van der Waals surface area contributed by atoms with Crippen LogP contribution in [0.2, 0.25) is 5.02 Å². The molecule has 9 heteroatoms. The average Bonchev–Trinajstić information content (AvgIpc) is 3.24. The number of aromatic nitrogens is 4. The molecule has 1 unspecified atom stereocenters. The van der Waals surface area contributed by atoms with Crippen LogP contribution in [0.15, 0.2) is 88.8 Å². The molecule has 0 aliphatic heterocycles. The topological polar surface area (TPSA) is 90.9 Å². The normalized spacial score (nSPS) is 11.8. The number of nitrogens with one attached hydrogen (secondary N) is 1. The van der Waals surface area contributed by atoms with Crippen molar-refractivity contribution in [3.8, 4) is 0 Å². The maximum Gasteiger partial charge on any atom is 0.331 e. The Morgan fingerprint density at radius 1 is 1.03 bits per heavy atom. The quantitative estimate of drug-likeness (QED) is 0.455. The summed E-state index contributed by atoms with van der Waals surface area (Å²) < 4.78 is 4.12. The number of carbonyl (C=O) groups excluding carboxylic acids is 1. The summed E-state index contributed by atoms with van der Waals surface area (Å²) >= 11 is 6.01. The summed E-state index contributed by atoms with van der Waals surface area (Å²) in [6, 6.07) is 17.1. The van der Waals surface area contributed by atoms with Crippen molar-refractivity contribution in [2.45, 2.75) is 19.1 Å². The molecule has 0 aliphatic rings. The standard InChI is InChI=1S/C24H22ClN5O3/c1-28-14-12-26-23(28)22(18-7-9-19(25)10-8-18)27-20(31)16-30-21(32)11-13-29(24(30)33)15-17-5-3-2-4-6-17/h2-14,22H,15-16H2,1H3,(H,27,31). The third kappa shape index (κ3) is 5.12. The summed E-state index contributed by atoms with van der Waals surface area (Å²) in [4.78, 5) is 42.6. The second kappa shape index (κ2) is 9.70. The molecule has 1 atom stereocenters. The lowest BCUT2D eigenvalue weighted by Crippen LogP contribution is -2.44. The number of amides is 1. The highest BCUT2D eigenvalue weighted by molar-refractivity contribution is 6.30. The molecule has 0 spiro atoms. The molecule has 33 heavy (non-hydrogen) atoms. The highest BCUT2D eigenvalue weighted by Gasteiger charge is 2.21. The van der Waals surface area contributed by atoms with Gasteiger partial charge in [0.1, 0.15) is 18.4 Å². The predicted octanol–water partition coefficient (Wildman–Crippen LogP) is 2.35. The second-order valence-electron chi connectivity index (χ2n) is 7.58. The molecule has 0 radical (unpaired) electrons. The Labute approximate surface area is 194 Å². The number of hydrogen-bond donors (Lipinski definition) is 1. The molecule has 0 aliphatic carbocycles. The molecule has 8 nitrogen and oxygen atoms in total. The van der Waals surface area contributed by atoms with Crippen LogP contribution in [0.1, 0.15) is 23.0 Å². The summed E-state index contributed by atoms with van der Waals surface area (Å²) in [6.07, 6.45) is 4.85. The number of nitrogens with zero attached hydrogens (tertiary/aromatic N) is 4. The number of rotatable bonds is 7. The molecule has 0 bridgehead atoms. The van der Waals surface area contributed by atoms with Crippen molar-refractivity contribution in [2.75, 3.05) is 0 Å². The largest absolute Gasteiger partial charge is 0.341 e. The van der Waals surface area contributed by atoms with E-state index in [2.05, 4.69) is 10.3 Å². The van der Waals surface area contributed by atoms with E-state index in [1.165, 1.54) is 16.8 Å². The first-order valence-electron chi connectivity index (χ1n) is 10.3. The van der Waals surface area contributed by atoms with E-state index in [0.29, 0.717) is 17.4 Å². The van der Waals surface area contributed by atoms with Gasteiger partial charge in [-0.15, -0.1) is 0 Å². The summed E-state index contributed by atoms with van der Waals surface area (Å²) in [5, 5.41) is 3.46. The molecule has 0 fully saturated rings. The average molecular weight is 464 g/mol. The first-order valence-corrected chi connectivity index (χ1v) is 10.7. The van der Waals surface area contributed by atoms with E-state index in [1.807, 2.05) is 37.4 Å². The number of aryl methyl sites for hydroxylation is 1. The molecule has 0 saturated heterocycles. The van der Waals surface area contributed by atoms with Crippen molar-refractivity contribution in [2.24, 2.45) is 7.05 Å². The van der Waals surface area contributed by atoms with Gasteiger partial charge in [0.2, 0.25) is 5.91 Å². The fourth-order valence-corrected chi connectivity index (χ4v) is 3.69. The monoisotopic (exact) mass is 463 g/mol. The lowest BCUT2D eigenvalue weighted by atomic mass is 10.1. The SMILES string of the molecule is Cn1ccnc1C(NC(=O)Cn1c(=O)ccn(Cc2ccccc2)c1=O)c1ccc(Cl)cc1. The van der Waals surface area contributed by atoms with Gasteiger partial charge in [-0.05, 0) is 23.3 Å². The first kappa shape index (κ1) is 22.3. The first-order chi connectivity index (χ1) is 15.9. The minimum atomic E-state index is -0.583. The Kier molecular flexibility index (Phi) is 6.55. The van der Waals surface area contributed by atoms with Crippen molar-refractivity contribution in [1.82, 2.24) is 24.0 Å². The van der Waals surface area contributed by atoms with Crippen LogP contribution in [0, 0.1) is 0 Å². The minimum absolute atomic E-state index is 0.294. The fraction of sp³-hybridized carbons (Fsp3) is 0.167. The van der Waals surface area contributed by atoms with Crippen LogP contribution < -0.4 is 16.6 Å². The van der Waals surface area contributed by atoms with Crippen LogP contribution in [-0.4, -0.2) is 24.6 Å². The van der Waals surface area contributed by atoms with Crippen molar-refractivity contribution in [3.05, 3.63) is 122 Å². The van der Waals surface area contributed by atoms with E-state index < -0.39 is 29.7 Å². The van der Waals surface area contributed by atoms with Crippen molar-refractivity contribution >= 4 is 17.5 Å². The number of hydrogen-bond acceptors (Lipinski definition) is 4. The molecule has 1 N–H and O–H groups in total. The van der Waals surface area contributed by atoms with E-state index in [0.717, 1.165) is 15.7 Å².